The Balaban J connectivity index is 5.49. The molecule has 160 valence electrons. The molecule has 26 heavy (non-hydrogen) atoms. The van der Waals surface area contributed by atoms with Gasteiger partial charge in [-0.3, -0.25) is 0 Å². The van der Waals surface area contributed by atoms with Crippen LogP contribution in [0.3, 0.4) is 0 Å². The minimum atomic E-state index is -5.10. The fourth-order valence-electron chi connectivity index (χ4n) is 1.72. The van der Waals surface area contributed by atoms with E-state index in [1.165, 1.54) is 0 Å². The third-order valence-electron chi connectivity index (χ3n) is 2.95. The molecule has 0 amide bonds. The van der Waals surface area contributed by atoms with Gasteiger partial charge in [-0.25, -0.2) is 0 Å². The van der Waals surface area contributed by atoms with Crippen LogP contribution in [-0.4, -0.2) is 116 Å². The molecule has 0 aliphatic rings. The van der Waals surface area contributed by atoms with Crippen molar-refractivity contribution in [1.29, 1.82) is 0 Å². The molecule has 0 aromatic carbocycles. The molecule has 0 fully saturated rings. The Hall–Kier alpha value is 0.158. The van der Waals surface area contributed by atoms with Crippen molar-refractivity contribution in [2.45, 2.75) is 0 Å². The predicted molar refractivity (Wildman–Crippen MR) is 94.9 cm³/mol. The molecule has 0 saturated carbocycles. The first-order valence-corrected chi connectivity index (χ1v) is 12.2. The number of ether oxygens (including phenoxy) is 5. The van der Waals surface area contributed by atoms with E-state index in [0.717, 1.165) is 0 Å². The maximum absolute atomic E-state index is 5.99. The predicted octanol–water partition coefficient (Wildman–Crippen LogP) is 0.188. The summed E-state index contributed by atoms with van der Waals surface area (Å²) in [6, 6.07) is 0. The van der Waals surface area contributed by atoms with E-state index in [4.69, 9.17) is 42.3 Å². The standard InChI is InChI=1S/C15H35AsO10/c1-17-6-11-22-16(23-12-7-18-2,24-13-8-19-3,25-14-9-20-4)26-15-10-21-5/h6-15H2,1-5H3. The fraction of sp³-hybridized carbons (Fsp3) is 1.00. The molecule has 0 radical (unpaired) electrons. The van der Waals surface area contributed by atoms with Crippen molar-refractivity contribution < 1.29 is 42.3 Å². The minimum absolute atomic E-state index is 0.169. The van der Waals surface area contributed by atoms with Crippen LogP contribution in [0.25, 0.3) is 0 Å². The van der Waals surface area contributed by atoms with Crippen LogP contribution >= 0.6 is 0 Å². The summed E-state index contributed by atoms with van der Waals surface area (Å²) < 4.78 is 55.3. The van der Waals surface area contributed by atoms with E-state index in [2.05, 4.69) is 0 Å². The molecule has 0 N–H and O–H groups in total. The van der Waals surface area contributed by atoms with Gasteiger partial charge in [-0.15, -0.1) is 0 Å². The van der Waals surface area contributed by atoms with Crippen LogP contribution in [0.1, 0.15) is 0 Å². The van der Waals surface area contributed by atoms with Crippen molar-refractivity contribution in [2.24, 2.45) is 0 Å². The molecule has 0 rings (SSSR count). The van der Waals surface area contributed by atoms with Crippen molar-refractivity contribution >= 4 is 14.2 Å². The van der Waals surface area contributed by atoms with Gasteiger partial charge in [0.05, 0.1) is 0 Å². The third-order valence-corrected chi connectivity index (χ3v) is 9.29. The number of methoxy groups -OCH3 is 5. The van der Waals surface area contributed by atoms with Gasteiger partial charge in [0.25, 0.3) is 0 Å². The second-order valence-electron chi connectivity index (χ2n) is 4.88. The summed E-state index contributed by atoms with van der Waals surface area (Å²) in [6.07, 6.45) is 0. The summed E-state index contributed by atoms with van der Waals surface area (Å²) in [5.74, 6) is 0. The monoisotopic (exact) mass is 450 g/mol. The Kier molecular flexibility index (Phi) is 16.2. The van der Waals surface area contributed by atoms with Crippen molar-refractivity contribution in [2.75, 3.05) is 102 Å². The molecule has 0 aromatic rings. The summed E-state index contributed by atoms with van der Waals surface area (Å²) in [5, 5.41) is 0. The second-order valence-corrected chi connectivity index (χ2v) is 10.7. The van der Waals surface area contributed by atoms with E-state index in [1.54, 1.807) is 35.5 Å². The molecule has 0 saturated heterocycles. The third kappa shape index (κ3) is 10.5. The van der Waals surface area contributed by atoms with Crippen LogP contribution < -0.4 is 0 Å². The zero-order valence-corrected chi connectivity index (χ0v) is 18.5. The van der Waals surface area contributed by atoms with E-state index in [9.17, 15) is 0 Å². The molecule has 0 bridgehead atoms. The van der Waals surface area contributed by atoms with Gasteiger partial charge >= 0.3 is 158 Å². The van der Waals surface area contributed by atoms with E-state index in [1.807, 2.05) is 0 Å². The number of hydrogen-bond donors (Lipinski definition) is 0. The second kappa shape index (κ2) is 16.1. The van der Waals surface area contributed by atoms with Gasteiger partial charge in [-0.05, 0) is 0 Å². The Labute approximate surface area is 158 Å². The van der Waals surface area contributed by atoms with Crippen molar-refractivity contribution in [3.8, 4) is 0 Å². The van der Waals surface area contributed by atoms with Crippen LogP contribution in [0.4, 0.5) is 0 Å². The Morgan fingerprint density at radius 2 is 0.538 bits per heavy atom. The van der Waals surface area contributed by atoms with E-state index in [0.29, 0.717) is 33.0 Å². The molecular weight excluding hydrogens is 415 g/mol. The van der Waals surface area contributed by atoms with Gasteiger partial charge < -0.3 is 0 Å². The SMILES string of the molecule is COCCO[As](OCCOC)(OCCOC)(OCCOC)OCCOC. The first kappa shape index (κ1) is 26.2. The first-order valence-electron chi connectivity index (χ1n) is 8.34. The molecule has 11 heteroatoms. The summed E-state index contributed by atoms with van der Waals surface area (Å²) in [6.45, 7) is 2.43. The summed E-state index contributed by atoms with van der Waals surface area (Å²) >= 11 is -5.10. The first-order chi connectivity index (χ1) is 12.6. The molecule has 0 spiro atoms. The average molecular weight is 450 g/mol. The number of rotatable bonds is 20. The molecule has 0 unspecified atom stereocenters. The van der Waals surface area contributed by atoms with Gasteiger partial charge in [0, 0.05) is 0 Å². The average Bonchev–Trinajstić information content (AvgIpc) is 2.63. The van der Waals surface area contributed by atoms with Crippen LogP contribution in [0.2, 0.25) is 0 Å². The Morgan fingerprint density at radius 1 is 0.346 bits per heavy atom. The van der Waals surface area contributed by atoms with E-state index < -0.39 is 14.2 Å². The molecule has 0 aliphatic heterocycles. The van der Waals surface area contributed by atoms with Gasteiger partial charge in [-0.2, -0.15) is 0 Å². The van der Waals surface area contributed by atoms with Crippen LogP contribution in [0.15, 0.2) is 0 Å². The van der Waals surface area contributed by atoms with Crippen molar-refractivity contribution in [3.63, 3.8) is 0 Å². The van der Waals surface area contributed by atoms with E-state index in [-0.39, 0.29) is 33.0 Å². The Morgan fingerprint density at radius 3 is 0.692 bits per heavy atom. The van der Waals surface area contributed by atoms with Crippen LogP contribution in [0.5, 0.6) is 0 Å². The zero-order chi connectivity index (χ0) is 19.6. The Bertz CT molecular complexity index is 245. The van der Waals surface area contributed by atoms with Gasteiger partial charge in [0.1, 0.15) is 0 Å². The zero-order valence-electron chi connectivity index (χ0n) is 16.6. The van der Waals surface area contributed by atoms with Crippen molar-refractivity contribution in [1.82, 2.24) is 0 Å². The maximum atomic E-state index is 5.99. The number of hydrogen-bond acceptors (Lipinski definition) is 10. The summed E-state index contributed by atoms with van der Waals surface area (Å²) in [7, 11) is 7.84. The molecule has 0 aliphatic carbocycles. The topological polar surface area (TPSA) is 92.3 Å². The normalized spacial score (nSPS) is 13.7. The van der Waals surface area contributed by atoms with Crippen LogP contribution in [0, 0.1) is 0 Å². The quantitative estimate of drug-likeness (QED) is 0.189. The summed E-state index contributed by atoms with van der Waals surface area (Å²) in [5.41, 5.74) is 0. The fourth-order valence-corrected chi connectivity index (χ4v) is 7.19. The van der Waals surface area contributed by atoms with Crippen molar-refractivity contribution in [3.05, 3.63) is 0 Å². The van der Waals surface area contributed by atoms with Gasteiger partial charge in [-0.1, -0.05) is 0 Å². The molecule has 0 atom stereocenters. The van der Waals surface area contributed by atoms with E-state index >= 15 is 0 Å². The van der Waals surface area contributed by atoms with Gasteiger partial charge in [0.2, 0.25) is 0 Å². The molecular formula is C15H35AsO10. The molecule has 0 heterocycles. The molecule has 0 aromatic heterocycles. The van der Waals surface area contributed by atoms with Crippen LogP contribution in [-0.2, 0) is 42.3 Å². The molecule has 10 nitrogen and oxygen atoms in total. The summed E-state index contributed by atoms with van der Waals surface area (Å²) in [4.78, 5) is 0. The van der Waals surface area contributed by atoms with Gasteiger partial charge in [0.15, 0.2) is 0 Å².